The molecule has 1 aromatic rings. The highest BCUT2D eigenvalue weighted by Gasteiger charge is 2.47. The summed E-state index contributed by atoms with van der Waals surface area (Å²) in [6.07, 6.45) is 5.93. The smallest absolute Gasteiger partial charge is 0.305 e. The number of hydrogen-bond acceptors (Lipinski definition) is 8. The van der Waals surface area contributed by atoms with Crippen molar-refractivity contribution < 1.29 is 13.6 Å². The Morgan fingerprint density at radius 1 is 1.21 bits per heavy atom. The summed E-state index contributed by atoms with van der Waals surface area (Å²) in [6, 6.07) is 5.67. The summed E-state index contributed by atoms with van der Waals surface area (Å²) in [5.41, 5.74) is 19.9. The monoisotopic (exact) mass is 475 g/mol. The molecule has 2 heterocycles. The van der Waals surface area contributed by atoms with Crippen LogP contribution in [0.5, 0.6) is 5.75 Å². The third-order valence-corrected chi connectivity index (χ3v) is 7.79. The number of methoxy groups -OCH3 is 1. The second-order valence-electron chi connectivity index (χ2n) is 9.92. The molecule has 4 rings (SSSR count). The maximum Gasteiger partial charge on any atom is 0.305 e. The summed E-state index contributed by atoms with van der Waals surface area (Å²) < 4.78 is 19.6. The number of nitrogens with two attached hydrogens (primary N) is 3. The predicted molar refractivity (Wildman–Crippen MR) is 134 cm³/mol. The van der Waals surface area contributed by atoms with Gasteiger partial charge in [-0.1, -0.05) is 13.3 Å². The van der Waals surface area contributed by atoms with Crippen molar-refractivity contribution in [2.24, 2.45) is 33.1 Å². The van der Waals surface area contributed by atoms with E-state index in [1.165, 1.54) is 19.6 Å². The number of halogens is 1. The third-order valence-electron chi connectivity index (χ3n) is 7.79. The second kappa shape index (κ2) is 10.5. The Morgan fingerprint density at radius 2 is 2.03 bits per heavy atom. The van der Waals surface area contributed by atoms with E-state index < -0.39 is 6.29 Å². The molecule has 2 fully saturated rings. The zero-order valence-electron chi connectivity index (χ0n) is 20.4. The Hall–Kier alpha value is -2.43. The molecule has 0 radical (unpaired) electrons. The topological polar surface area (TPSA) is 127 Å². The van der Waals surface area contributed by atoms with E-state index in [2.05, 4.69) is 27.1 Å². The number of anilines is 1. The first-order valence-electron chi connectivity index (χ1n) is 12.5. The average Bonchev–Trinajstić information content (AvgIpc) is 3.25. The lowest BCUT2D eigenvalue weighted by molar-refractivity contribution is -0.874. The summed E-state index contributed by atoms with van der Waals surface area (Å²) in [6.45, 7) is 5.88. The van der Waals surface area contributed by atoms with Gasteiger partial charge >= 0.3 is 5.96 Å². The molecule has 10 heteroatoms. The van der Waals surface area contributed by atoms with Crippen LogP contribution in [0, 0.1) is 11.7 Å². The molecule has 1 aliphatic carbocycles. The van der Waals surface area contributed by atoms with Crippen LogP contribution < -0.4 is 27.3 Å². The molecule has 0 amide bonds. The van der Waals surface area contributed by atoms with E-state index in [0.29, 0.717) is 22.4 Å². The molecule has 9 nitrogen and oxygen atoms in total. The zero-order chi connectivity index (χ0) is 24.3. The SMILES string of the molecule is CCN1CCCC1C[N+]1(CC2CCCC(Nc3ccc(OC)c(F)c3)C2)C(N)=NC(N)=NC1N. The lowest BCUT2D eigenvalue weighted by atomic mass is 9.84. The number of quaternary nitrogens is 1. The molecule has 7 N–H and O–H groups in total. The molecule has 1 saturated carbocycles. The number of ether oxygens (including phenoxy) is 1. The van der Waals surface area contributed by atoms with Gasteiger partial charge in [-0.25, -0.2) is 8.87 Å². The lowest BCUT2D eigenvalue weighted by Crippen LogP contribution is -2.71. The van der Waals surface area contributed by atoms with Crippen LogP contribution >= 0.6 is 0 Å². The number of guanidine groups is 2. The maximum atomic E-state index is 14.2. The molecule has 5 atom stereocenters. The minimum absolute atomic E-state index is 0.155. The molecule has 1 saturated heterocycles. The standard InChI is InChI=1S/C24H40FN8O/c1-3-32-11-5-8-19(32)15-33(23(27)30-22(26)31-24(33)28)14-16-6-4-7-17(12-16)29-18-9-10-21(34-2)20(25)13-18/h9-10,13,16-17,19,23,29H,3-8,11-12,14-15,27H2,1-2H3,(H4,26,28,30,31)/q+1. The number of likely N-dealkylation sites (N-methyl/N-ethyl adjacent to an activating group) is 1. The Labute approximate surface area is 201 Å². The van der Waals surface area contributed by atoms with Gasteiger partial charge in [0.1, 0.15) is 6.54 Å². The Bertz CT molecular complexity index is 924. The van der Waals surface area contributed by atoms with Gasteiger partial charge in [-0.2, -0.15) is 4.99 Å². The van der Waals surface area contributed by atoms with Crippen LogP contribution in [-0.4, -0.2) is 73.0 Å². The van der Waals surface area contributed by atoms with Crippen LogP contribution in [0.2, 0.25) is 0 Å². The molecular weight excluding hydrogens is 435 g/mol. The first kappa shape index (κ1) is 24.7. The highest BCUT2D eigenvalue weighted by molar-refractivity contribution is 5.91. The van der Waals surface area contributed by atoms with Crippen LogP contribution in [0.25, 0.3) is 0 Å². The van der Waals surface area contributed by atoms with Gasteiger partial charge in [-0.05, 0) is 57.3 Å². The summed E-state index contributed by atoms with van der Waals surface area (Å²) >= 11 is 0. The number of benzene rings is 1. The summed E-state index contributed by atoms with van der Waals surface area (Å²) in [5, 5.41) is 3.52. The molecule has 0 spiro atoms. The number of nitrogens with zero attached hydrogens (tertiary/aromatic N) is 4. The number of aliphatic imine (C=N–C) groups is 2. The fourth-order valence-corrected chi connectivity index (χ4v) is 6.04. The number of rotatable bonds is 8. The molecule has 0 aromatic heterocycles. The first-order valence-corrected chi connectivity index (χ1v) is 12.5. The maximum absolute atomic E-state index is 14.2. The highest BCUT2D eigenvalue weighted by Crippen LogP contribution is 2.33. The zero-order valence-corrected chi connectivity index (χ0v) is 20.4. The van der Waals surface area contributed by atoms with Crippen LogP contribution in [0.3, 0.4) is 0 Å². The number of likely N-dealkylation sites (tertiary alicyclic amines) is 1. The van der Waals surface area contributed by atoms with Gasteiger partial charge in [0.05, 0.1) is 19.7 Å². The summed E-state index contributed by atoms with van der Waals surface area (Å²) in [4.78, 5) is 11.3. The van der Waals surface area contributed by atoms with E-state index in [4.69, 9.17) is 21.9 Å². The van der Waals surface area contributed by atoms with E-state index in [1.54, 1.807) is 6.07 Å². The van der Waals surface area contributed by atoms with Crippen molar-refractivity contribution in [2.45, 2.75) is 63.8 Å². The normalized spacial score (nSPS) is 32.2. The quantitative estimate of drug-likeness (QED) is 0.426. The fourth-order valence-electron chi connectivity index (χ4n) is 6.04. The number of nitrogens with one attached hydrogen (secondary N) is 1. The molecule has 188 valence electrons. The van der Waals surface area contributed by atoms with Crippen LogP contribution in [-0.2, 0) is 0 Å². The van der Waals surface area contributed by atoms with Gasteiger partial charge in [-0.3, -0.25) is 10.6 Å². The minimum atomic E-state index is -0.555. The van der Waals surface area contributed by atoms with Crippen LogP contribution in [0.4, 0.5) is 10.1 Å². The van der Waals surface area contributed by atoms with E-state index in [9.17, 15) is 4.39 Å². The van der Waals surface area contributed by atoms with Gasteiger partial charge < -0.3 is 21.5 Å². The predicted octanol–water partition coefficient (Wildman–Crippen LogP) is 1.99. The molecule has 0 bridgehead atoms. The Morgan fingerprint density at radius 3 is 2.74 bits per heavy atom. The molecule has 34 heavy (non-hydrogen) atoms. The summed E-state index contributed by atoms with van der Waals surface area (Å²) in [7, 11) is 1.47. The van der Waals surface area contributed by atoms with E-state index in [1.807, 2.05) is 6.07 Å². The molecular formula is C24H40FN8O+. The van der Waals surface area contributed by atoms with Crippen molar-refractivity contribution >= 4 is 17.6 Å². The number of hydrogen-bond donors (Lipinski definition) is 4. The first-order chi connectivity index (χ1) is 16.3. The van der Waals surface area contributed by atoms with Crippen molar-refractivity contribution in [1.29, 1.82) is 0 Å². The second-order valence-corrected chi connectivity index (χ2v) is 9.92. The average molecular weight is 476 g/mol. The fraction of sp³-hybridized carbons (Fsp3) is 0.667. The summed E-state index contributed by atoms with van der Waals surface area (Å²) in [5.74, 6) is 0.901. The van der Waals surface area contributed by atoms with Crippen LogP contribution in [0.15, 0.2) is 28.2 Å². The molecule has 3 aliphatic rings. The van der Waals surface area contributed by atoms with Gasteiger partial charge in [0.2, 0.25) is 12.2 Å². The Kier molecular flexibility index (Phi) is 7.59. The third kappa shape index (κ3) is 5.13. The van der Waals surface area contributed by atoms with Crippen molar-refractivity contribution in [3.63, 3.8) is 0 Å². The molecule has 1 aromatic carbocycles. The van der Waals surface area contributed by atoms with Gasteiger partial charge in [0.25, 0.3) is 0 Å². The van der Waals surface area contributed by atoms with Crippen LogP contribution in [0.1, 0.15) is 45.4 Å². The molecule has 5 unspecified atom stereocenters. The van der Waals surface area contributed by atoms with Crippen molar-refractivity contribution in [3.8, 4) is 5.75 Å². The lowest BCUT2D eigenvalue weighted by Gasteiger charge is -2.46. The van der Waals surface area contributed by atoms with E-state index in [0.717, 1.165) is 64.0 Å². The van der Waals surface area contributed by atoms with Crippen molar-refractivity contribution in [1.82, 2.24) is 4.90 Å². The molecule has 2 aliphatic heterocycles. The van der Waals surface area contributed by atoms with Crippen molar-refractivity contribution in [2.75, 3.05) is 38.6 Å². The van der Waals surface area contributed by atoms with Gasteiger partial charge in [0, 0.05) is 23.7 Å². The Balaban J connectivity index is 1.50. The van der Waals surface area contributed by atoms with Gasteiger partial charge in [-0.15, -0.1) is 4.99 Å². The highest BCUT2D eigenvalue weighted by atomic mass is 19.1. The minimum Gasteiger partial charge on any atom is -0.494 e. The van der Waals surface area contributed by atoms with Gasteiger partial charge in [0.15, 0.2) is 11.6 Å². The van der Waals surface area contributed by atoms with E-state index >= 15 is 0 Å². The largest absolute Gasteiger partial charge is 0.494 e. The van der Waals surface area contributed by atoms with E-state index in [-0.39, 0.29) is 23.6 Å². The van der Waals surface area contributed by atoms with Crippen molar-refractivity contribution in [3.05, 3.63) is 24.0 Å².